The molecule has 2 heterocycles. The van der Waals surface area contributed by atoms with Gasteiger partial charge in [0.2, 0.25) is 0 Å². The van der Waals surface area contributed by atoms with Gasteiger partial charge >= 0.3 is 6.18 Å². The molecule has 1 aromatic heterocycles. The first-order valence-corrected chi connectivity index (χ1v) is 6.88. The van der Waals surface area contributed by atoms with E-state index in [4.69, 9.17) is 5.73 Å². The van der Waals surface area contributed by atoms with Gasteiger partial charge in [-0.2, -0.15) is 13.2 Å². The molecule has 0 bridgehead atoms. The number of piperazine rings is 1. The van der Waals surface area contributed by atoms with Crippen molar-refractivity contribution in [3.63, 3.8) is 0 Å². The van der Waals surface area contributed by atoms with Gasteiger partial charge in [-0.15, -0.1) is 0 Å². The SMILES string of the molecule is CN1CCN(c2nc(C(F)(F)F)ccc2CN)CC1(C)C. The van der Waals surface area contributed by atoms with E-state index in [0.717, 1.165) is 12.6 Å². The summed E-state index contributed by atoms with van der Waals surface area (Å²) in [5.41, 5.74) is 5.30. The maximum absolute atomic E-state index is 12.9. The van der Waals surface area contributed by atoms with E-state index < -0.39 is 11.9 Å². The Bertz CT molecular complexity index is 513. The zero-order valence-corrected chi connectivity index (χ0v) is 12.5. The maximum atomic E-state index is 12.9. The standard InChI is InChI=1S/C14H21F3N4/c1-13(2)9-21(7-6-20(13)3)12-10(8-18)4-5-11(19-12)14(15,16)17/h4-5H,6-9,18H2,1-3H3. The first-order chi connectivity index (χ1) is 9.65. The van der Waals surface area contributed by atoms with E-state index in [1.165, 1.54) is 6.07 Å². The Morgan fingerprint density at radius 3 is 2.48 bits per heavy atom. The van der Waals surface area contributed by atoms with Crippen LogP contribution in [0.15, 0.2) is 12.1 Å². The summed E-state index contributed by atoms with van der Waals surface area (Å²) in [6, 6.07) is 2.42. The Kier molecular flexibility index (Phi) is 4.17. The van der Waals surface area contributed by atoms with Crippen molar-refractivity contribution in [3.8, 4) is 0 Å². The second-order valence-corrected chi connectivity index (χ2v) is 6.04. The molecular formula is C14H21F3N4. The lowest BCUT2D eigenvalue weighted by molar-refractivity contribution is -0.141. The Balaban J connectivity index is 2.38. The van der Waals surface area contributed by atoms with Crippen LogP contribution in [0.1, 0.15) is 25.1 Å². The topological polar surface area (TPSA) is 45.4 Å². The molecule has 1 aromatic rings. The number of halogens is 3. The third kappa shape index (κ3) is 3.29. The van der Waals surface area contributed by atoms with E-state index in [0.29, 0.717) is 24.5 Å². The van der Waals surface area contributed by atoms with Crippen LogP contribution in [-0.2, 0) is 12.7 Å². The number of hydrogen-bond acceptors (Lipinski definition) is 4. The number of pyridine rings is 1. The van der Waals surface area contributed by atoms with E-state index in [1.807, 2.05) is 11.9 Å². The van der Waals surface area contributed by atoms with Gasteiger partial charge in [-0.3, -0.25) is 4.90 Å². The van der Waals surface area contributed by atoms with Gasteiger partial charge in [0, 0.05) is 37.3 Å². The molecule has 1 aliphatic rings. The van der Waals surface area contributed by atoms with Crippen molar-refractivity contribution in [1.29, 1.82) is 0 Å². The molecule has 2 N–H and O–H groups in total. The predicted octanol–water partition coefficient (Wildman–Crippen LogP) is 2.09. The number of aromatic nitrogens is 1. The molecule has 0 aromatic carbocycles. The summed E-state index contributed by atoms with van der Waals surface area (Å²) in [7, 11) is 2.01. The lowest BCUT2D eigenvalue weighted by atomic mass is 9.99. The maximum Gasteiger partial charge on any atom is 0.433 e. The average Bonchev–Trinajstić information content (AvgIpc) is 2.40. The Labute approximate surface area is 122 Å². The quantitative estimate of drug-likeness (QED) is 0.908. The lowest BCUT2D eigenvalue weighted by Crippen LogP contribution is -2.58. The molecule has 0 radical (unpaired) electrons. The number of likely N-dealkylation sites (N-methyl/N-ethyl adjacent to an activating group) is 1. The minimum atomic E-state index is -4.44. The number of nitrogens with zero attached hydrogens (tertiary/aromatic N) is 3. The lowest BCUT2D eigenvalue weighted by Gasteiger charge is -2.46. The molecule has 21 heavy (non-hydrogen) atoms. The Hall–Kier alpha value is -1.34. The fraction of sp³-hybridized carbons (Fsp3) is 0.643. The normalized spacial score (nSPS) is 19.9. The molecule has 0 aliphatic carbocycles. The number of anilines is 1. The van der Waals surface area contributed by atoms with Gasteiger partial charge in [0.05, 0.1) is 0 Å². The smallest absolute Gasteiger partial charge is 0.353 e. The molecule has 0 spiro atoms. The third-order valence-corrected chi connectivity index (χ3v) is 4.08. The molecule has 0 saturated carbocycles. The van der Waals surface area contributed by atoms with Crippen LogP contribution in [0, 0.1) is 0 Å². The van der Waals surface area contributed by atoms with E-state index in [9.17, 15) is 13.2 Å². The van der Waals surface area contributed by atoms with Gasteiger partial charge in [0.1, 0.15) is 11.5 Å². The van der Waals surface area contributed by atoms with E-state index >= 15 is 0 Å². The Morgan fingerprint density at radius 1 is 1.29 bits per heavy atom. The van der Waals surface area contributed by atoms with Crippen molar-refractivity contribution in [1.82, 2.24) is 9.88 Å². The van der Waals surface area contributed by atoms with Gasteiger partial charge < -0.3 is 10.6 Å². The van der Waals surface area contributed by atoms with Gasteiger partial charge in [0.25, 0.3) is 0 Å². The number of alkyl halides is 3. The summed E-state index contributed by atoms with van der Waals surface area (Å²) in [4.78, 5) is 7.93. The van der Waals surface area contributed by atoms with Crippen LogP contribution in [-0.4, -0.2) is 42.1 Å². The zero-order chi connectivity index (χ0) is 15.8. The molecule has 7 heteroatoms. The predicted molar refractivity (Wildman–Crippen MR) is 76.1 cm³/mol. The van der Waals surface area contributed by atoms with Crippen molar-refractivity contribution >= 4 is 5.82 Å². The molecule has 1 saturated heterocycles. The van der Waals surface area contributed by atoms with Crippen LogP contribution in [0.2, 0.25) is 0 Å². The molecule has 118 valence electrons. The third-order valence-electron chi connectivity index (χ3n) is 4.08. The van der Waals surface area contributed by atoms with Crippen LogP contribution in [0.5, 0.6) is 0 Å². The van der Waals surface area contributed by atoms with Crippen molar-refractivity contribution in [3.05, 3.63) is 23.4 Å². The Morgan fingerprint density at radius 2 is 1.95 bits per heavy atom. The molecule has 1 aliphatic heterocycles. The molecular weight excluding hydrogens is 281 g/mol. The summed E-state index contributed by atoms with van der Waals surface area (Å²) in [5.74, 6) is 0.355. The van der Waals surface area contributed by atoms with Crippen LogP contribution in [0.4, 0.5) is 19.0 Å². The van der Waals surface area contributed by atoms with Crippen molar-refractivity contribution in [2.45, 2.75) is 32.1 Å². The first-order valence-electron chi connectivity index (χ1n) is 6.88. The number of hydrogen-bond donors (Lipinski definition) is 1. The summed E-state index contributed by atoms with van der Waals surface area (Å²) in [6.45, 7) is 6.33. The molecule has 2 rings (SSSR count). The highest BCUT2D eigenvalue weighted by Crippen LogP contribution is 2.32. The summed E-state index contributed by atoms with van der Waals surface area (Å²) in [6.07, 6.45) is -4.44. The molecule has 0 atom stereocenters. The van der Waals surface area contributed by atoms with Crippen LogP contribution >= 0.6 is 0 Å². The zero-order valence-electron chi connectivity index (χ0n) is 12.5. The summed E-state index contributed by atoms with van der Waals surface area (Å²) < 4.78 is 38.6. The van der Waals surface area contributed by atoms with Crippen LogP contribution in [0.25, 0.3) is 0 Å². The fourth-order valence-electron chi connectivity index (χ4n) is 2.49. The fourth-order valence-corrected chi connectivity index (χ4v) is 2.49. The second-order valence-electron chi connectivity index (χ2n) is 6.04. The molecule has 1 fully saturated rings. The number of rotatable bonds is 2. The highest BCUT2D eigenvalue weighted by Gasteiger charge is 2.36. The largest absolute Gasteiger partial charge is 0.433 e. The van der Waals surface area contributed by atoms with Crippen molar-refractivity contribution in [2.24, 2.45) is 5.73 Å². The second kappa shape index (κ2) is 5.46. The van der Waals surface area contributed by atoms with Crippen molar-refractivity contribution in [2.75, 3.05) is 31.6 Å². The van der Waals surface area contributed by atoms with E-state index in [-0.39, 0.29) is 12.1 Å². The van der Waals surface area contributed by atoms with Gasteiger partial charge in [0.15, 0.2) is 0 Å². The first kappa shape index (κ1) is 16.0. The van der Waals surface area contributed by atoms with Crippen molar-refractivity contribution < 1.29 is 13.2 Å². The van der Waals surface area contributed by atoms with Gasteiger partial charge in [-0.25, -0.2) is 4.98 Å². The number of nitrogens with two attached hydrogens (primary N) is 1. The van der Waals surface area contributed by atoms with Crippen LogP contribution < -0.4 is 10.6 Å². The summed E-state index contributed by atoms with van der Waals surface area (Å²) >= 11 is 0. The minimum Gasteiger partial charge on any atom is -0.353 e. The highest BCUT2D eigenvalue weighted by atomic mass is 19.4. The van der Waals surface area contributed by atoms with E-state index in [1.54, 1.807) is 0 Å². The van der Waals surface area contributed by atoms with Gasteiger partial charge in [-0.05, 0) is 27.0 Å². The molecule has 0 amide bonds. The molecule has 4 nitrogen and oxygen atoms in total. The monoisotopic (exact) mass is 302 g/mol. The molecule has 0 unspecified atom stereocenters. The van der Waals surface area contributed by atoms with Gasteiger partial charge in [-0.1, -0.05) is 6.07 Å². The summed E-state index contributed by atoms with van der Waals surface area (Å²) in [5, 5.41) is 0. The van der Waals surface area contributed by atoms with E-state index in [2.05, 4.69) is 23.7 Å². The minimum absolute atomic E-state index is 0.125. The van der Waals surface area contributed by atoms with Crippen LogP contribution in [0.3, 0.4) is 0 Å². The highest BCUT2D eigenvalue weighted by molar-refractivity contribution is 5.49. The average molecular weight is 302 g/mol.